The minimum absolute atomic E-state index is 0.00758. The van der Waals surface area contributed by atoms with E-state index in [1.807, 2.05) is 0 Å². The highest BCUT2D eigenvalue weighted by atomic mass is 16.6. The number of alkyl carbamates (subject to hydrolysis) is 1. The largest absolute Gasteiger partial charge is 0.480 e. The third-order valence-electron chi connectivity index (χ3n) is 3.42. The van der Waals surface area contributed by atoms with E-state index in [-0.39, 0.29) is 31.3 Å². The molecule has 0 bridgehead atoms. The van der Waals surface area contributed by atoms with E-state index in [9.17, 15) is 24.0 Å². The van der Waals surface area contributed by atoms with Crippen LogP contribution in [0.3, 0.4) is 0 Å². The second kappa shape index (κ2) is 21.2. The number of aldehydes is 1. The highest BCUT2D eigenvalue weighted by molar-refractivity contribution is 5.80. The number of carbonyl (C=O) groups is 5. The molecule has 1 unspecified atom stereocenters. The quantitative estimate of drug-likeness (QED) is 0.328. The molecule has 0 heterocycles. The molecule has 3 amide bonds. The number of hydrogen-bond acceptors (Lipinski definition) is 7. The van der Waals surface area contributed by atoms with E-state index in [0.717, 1.165) is 0 Å². The molecule has 0 fully saturated rings. The summed E-state index contributed by atoms with van der Waals surface area (Å²) in [6, 6.07) is -0.657. The first kappa shape index (κ1) is 34.9. The van der Waals surface area contributed by atoms with Crippen molar-refractivity contribution in [3.63, 3.8) is 0 Å². The Hall–Kier alpha value is -2.69. The molecular formula is C22H44N4O7. The van der Waals surface area contributed by atoms with E-state index in [1.54, 1.807) is 41.9 Å². The molecule has 1 atom stereocenters. The first-order chi connectivity index (χ1) is 15.2. The molecule has 11 nitrogen and oxygen atoms in total. The van der Waals surface area contributed by atoms with Crippen LogP contribution in [0, 0.1) is 0 Å². The number of rotatable bonds is 11. The first-order valence-corrected chi connectivity index (χ1v) is 11.0. The second-order valence-corrected chi connectivity index (χ2v) is 8.22. The Balaban J connectivity index is -0.000000490. The summed E-state index contributed by atoms with van der Waals surface area (Å²) >= 11 is 0. The summed E-state index contributed by atoms with van der Waals surface area (Å²) in [6.45, 7) is 9.84. The third-order valence-corrected chi connectivity index (χ3v) is 3.42. The molecule has 0 rings (SSSR count). The van der Waals surface area contributed by atoms with Gasteiger partial charge >= 0.3 is 12.1 Å². The molecule has 0 radical (unpaired) electrons. The van der Waals surface area contributed by atoms with Crippen molar-refractivity contribution in [1.82, 2.24) is 20.9 Å². The number of nitrogens with one attached hydrogen (secondary N) is 3. The van der Waals surface area contributed by atoms with Crippen molar-refractivity contribution in [3.8, 4) is 0 Å². The van der Waals surface area contributed by atoms with Gasteiger partial charge in [-0.2, -0.15) is 0 Å². The fourth-order valence-corrected chi connectivity index (χ4v) is 1.89. The highest BCUT2D eigenvalue weighted by Gasteiger charge is 2.18. The van der Waals surface area contributed by atoms with Crippen LogP contribution in [0.2, 0.25) is 0 Å². The average Bonchev–Trinajstić information content (AvgIpc) is 2.69. The van der Waals surface area contributed by atoms with Crippen LogP contribution in [0.5, 0.6) is 0 Å². The minimum atomic E-state index is -0.937. The molecule has 0 aliphatic carbocycles. The molecule has 0 aromatic carbocycles. The lowest BCUT2D eigenvalue weighted by Gasteiger charge is -2.20. The molecule has 0 aliphatic rings. The lowest BCUT2D eigenvalue weighted by Crippen LogP contribution is -2.39. The van der Waals surface area contributed by atoms with Gasteiger partial charge < -0.3 is 35.5 Å². The Labute approximate surface area is 198 Å². The monoisotopic (exact) mass is 476 g/mol. The molecule has 0 aromatic rings. The molecule has 0 spiro atoms. The second-order valence-electron chi connectivity index (χ2n) is 8.22. The molecule has 0 aromatic heterocycles. The fraction of sp³-hybridized carbons (Fsp3) is 0.773. The van der Waals surface area contributed by atoms with Gasteiger partial charge in [-0.1, -0.05) is 20.3 Å². The van der Waals surface area contributed by atoms with Gasteiger partial charge in [0, 0.05) is 33.5 Å². The van der Waals surface area contributed by atoms with Crippen molar-refractivity contribution in [2.24, 2.45) is 0 Å². The number of ether oxygens (including phenoxy) is 1. The molecule has 4 N–H and O–H groups in total. The first-order valence-electron chi connectivity index (χ1n) is 11.0. The van der Waals surface area contributed by atoms with Crippen LogP contribution >= 0.6 is 0 Å². The van der Waals surface area contributed by atoms with Crippen LogP contribution in [0.1, 0.15) is 66.7 Å². The summed E-state index contributed by atoms with van der Waals surface area (Å²) in [4.78, 5) is 55.3. The number of carboxylic acids is 1. The van der Waals surface area contributed by atoms with Gasteiger partial charge in [0.05, 0.1) is 6.54 Å². The number of hydrogen-bond donors (Lipinski definition) is 4. The van der Waals surface area contributed by atoms with E-state index in [1.165, 1.54) is 11.3 Å². The minimum Gasteiger partial charge on any atom is -0.480 e. The van der Waals surface area contributed by atoms with Gasteiger partial charge in [-0.15, -0.1) is 0 Å². The average molecular weight is 477 g/mol. The van der Waals surface area contributed by atoms with Crippen molar-refractivity contribution >= 4 is 30.2 Å². The van der Waals surface area contributed by atoms with E-state index in [4.69, 9.17) is 9.84 Å². The van der Waals surface area contributed by atoms with Crippen LogP contribution in [0.4, 0.5) is 4.79 Å². The molecular weight excluding hydrogens is 432 g/mol. The van der Waals surface area contributed by atoms with E-state index in [2.05, 4.69) is 29.8 Å². The zero-order chi connectivity index (χ0) is 26.4. The normalized spacial score (nSPS) is 10.8. The molecule has 0 saturated carbocycles. The number of carbonyl (C=O) groups excluding carboxylic acids is 4. The van der Waals surface area contributed by atoms with Crippen molar-refractivity contribution in [1.29, 1.82) is 0 Å². The molecule has 0 saturated heterocycles. The maximum Gasteiger partial charge on any atom is 0.407 e. The summed E-state index contributed by atoms with van der Waals surface area (Å²) in [5, 5.41) is 16.2. The maximum absolute atomic E-state index is 11.2. The SMILES string of the molecule is CCC.CN(C)C(=O)CCCC(=O)NCC=O.CNC(CCNC(=O)OC(C)(C)C)C(=O)O. The number of amides is 3. The maximum atomic E-state index is 11.2. The third kappa shape index (κ3) is 27.3. The number of aliphatic carboxylic acids is 1. The van der Waals surface area contributed by atoms with Gasteiger partial charge in [-0.05, 0) is 40.7 Å². The number of carboxylic acid groups (broad SMARTS) is 1. The van der Waals surface area contributed by atoms with Crippen LogP contribution in [0.15, 0.2) is 0 Å². The number of nitrogens with zero attached hydrogens (tertiary/aromatic N) is 1. The smallest absolute Gasteiger partial charge is 0.407 e. The Kier molecular flexibility index (Phi) is 22.4. The summed E-state index contributed by atoms with van der Waals surface area (Å²) < 4.78 is 5.00. The van der Waals surface area contributed by atoms with Crippen molar-refractivity contribution in [2.45, 2.75) is 78.4 Å². The lowest BCUT2D eigenvalue weighted by molar-refractivity contribution is -0.139. The van der Waals surface area contributed by atoms with Crippen molar-refractivity contribution < 1.29 is 33.8 Å². The van der Waals surface area contributed by atoms with Gasteiger partial charge in [-0.25, -0.2) is 4.79 Å². The Bertz CT molecular complexity index is 576. The molecule has 33 heavy (non-hydrogen) atoms. The van der Waals surface area contributed by atoms with Crippen LogP contribution in [0.25, 0.3) is 0 Å². The van der Waals surface area contributed by atoms with E-state index < -0.39 is 23.7 Å². The zero-order valence-electron chi connectivity index (χ0n) is 21.4. The highest BCUT2D eigenvalue weighted by Crippen LogP contribution is 2.06. The molecule has 194 valence electrons. The Morgan fingerprint density at radius 2 is 1.61 bits per heavy atom. The van der Waals surface area contributed by atoms with Gasteiger partial charge in [0.15, 0.2) is 0 Å². The van der Waals surface area contributed by atoms with Gasteiger partial charge in [0.25, 0.3) is 0 Å². The number of likely N-dealkylation sites (N-methyl/N-ethyl adjacent to an activating group) is 1. The van der Waals surface area contributed by atoms with Gasteiger partial charge in [0.2, 0.25) is 11.8 Å². The predicted molar refractivity (Wildman–Crippen MR) is 127 cm³/mol. The Morgan fingerprint density at radius 3 is 2.00 bits per heavy atom. The topological polar surface area (TPSA) is 154 Å². The lowest BCUT2D eigenvalue weighted by atomic mass is 10.2. The van der Waals surface area contributed by atoms with Crippen molar-refractivity contribution in [3.05, 3.63) is 0 Å². The zero-order valence-corrected chi connectivity index (χ0v) is 21.4. The van der Waals surface area contributed by atoms with Crippen LogP contribution in [-0.4, -0.2) is 86.0 Å². The van der Waals surface area contributed by atoms with Crippen LogP contribution < -0.4 is 16.0 Å². The predicted octanol–water partition coefficient (Wildman–Crippen LogP) is 1.55. The summed E-state index contributed by atoms with van der Waals surface area (Å²) in [6.07, 6.45) is 2.82. The van der Waals surface area contributed by atoms with E-state index >= 15 is 0 Å². The standard InChI is InChI=1S/C10H20N2O4.C9H16N2O3.C3H8/c1-10(2,3)16-9(15)12-6-5-7(11-4)8(13)14;1-11(2)9(14)5-3-4-8(13)10-6-7-12;1-3-2/h7,11H,5-6H2,1-4H3,(H,12,15)(H,13,14);7H,3-6H2,1-2H3,(H,10,13);3H2,1-2H3. The fourth-order valence-electron chi connectivity index (χ4n) is 1.89. The van der Waals surface area contributed by atoms with Gasteiger partial charge in [-0.3, -0.25) is 14.4 Å². The molecule has 0 aliphatic heterocycles. The summed E-state index contributed by atoms with van der Waals surface area (Å²) in [7, 11) is 4.91. The van der Waals surface area contributed by atoms with Gasteiger partial charge in [0.1, 0.15) is 17.9 Å². The van der Waals surface area contributed by atoms with Crippen molar-refractivity contribution in [2.75, 3.05) is 34.2 Å². The van der Waals surface area contributed by atoms with E-state index in [0.29, 0.717) is 25.5 Å². The summed E-state index contributed by atoms with van der Waals surface area (Å²) in [5.74, 6) is -1.12. The summed E-state index contributed by atoms with van der Waals surface area (Å²) in [5.41, 5.74) is -0.542. The van der Waals surface area contributed by atoms with Crippen LogP contribution in [-0.2, 0) is 23.9 Å². The Morgan fingerprint density at radius 1 is 1.06 bits per heavy atom. The molecule has 11 heteroatoms.